The second-order valence-electron chi connectivity index (χ2n) is 4.88. The van der Waals surface area contributed by atoms with Crippen LogP contribution in [0.1, 0.15) is 41.0 Å². The van der Waals surface area contributed by atoms with Crippen LogP contribution in [0.5, 0.6) is 0 Å². The van der Waals surface area contributed by atoms with E-state index in [4.69, 9.17) is 4.74 Å². The lowest BCUT2D eigenvalue weighted by molar-refractivity contribution is -0.0253. The van der Waals surface area contributed by atoms with Crippen molar-refractivity contribution >= 4 is 0 Å². The Morgan fingerprint density at radius 2 is 1.69 bits per heavy atom. The van der Waals surface area contributed by atoms with Crippen LogP contribution in [0, 0.1) is 11.8 Å². The molecule has 0 aliphatic carbocycles. The molecule has 0 aromatic heterocycles. The lowest BCUT2D eigenvalue weighted by Gasteiger charge is -2.30. The quantitative estimate of drug-likeness (QED) is 0.718. The third kappa shape index (κ3) is 4.63. The highest BCUT2D eigenvalue weighted by Crippen LogP contribution is 2.24. The van der Waals surface area contributed by atoms with E-state index in [0.29, 0.717) is 5.92 Å². The van der Waals surface area contributed by atoms with Crippen LogP contribution in [0.15, 0.2) is 0 Å². The molecule has 2 nitrogen and oxygen atoms in total. The molecule has 0 heterocycles. The van der Waals surface area contributed by atoms with Crippen molar-refractivity contribution in [3.05, 3.63) is 0 Å². The van der Waals surface area contributed by atoms with Crippen LogP contribution in [0.4, 0.5) is 0 Å². The van der Waals surface area contributed by atoms with Crippen LogP contribution in [0.3, 0.4) is 0 Å². The van der Waals surface area contributed by atoms with Gasteiger partial charge in [-0.25, -0.2) is 0 Å². The molecule has 0 aliphatic rings. The molecule has 0 aromatic carbocycles. The third-order valence-electron chi connectivity index (χ3n) is 2.63. The van der Waals surface area contributed by atoms with Gasteiger partial charge in [0.15, 0.2) is 0 Å². The summed E-state index contributed by atoms with van der Waals surface area (Å²) in [7, 11) is 1.72. The lowest BCUT2D eigenvalue weighted by Crippen LogP contribution is -2.32. The van der Waals surface area contributed by atoms with Crippen molar-refractivity contribution in [1.29, 1.82) is 0 Å². The number of methoxy groups -OCH3 is 1. The van der Waals surface area contributed by atoms with E-state index in [2.05, 4.69) is 20.8 Å². The Kier molecular flexibility index (Phi) is 4.93. The second-order valence-corrected chi connectivity index (χ2v) is 4.88. The minimum atomic E-state index is -0.227. The molecule has 0 amide bonds. The van der Waals surface area contributed by atoms with Crippen molar-refractivity contribution < 1.29 is 9.84 Å². The number of aliphatic hydroxyl groups excluding tert-OH is 1. The topological polar surface area (TPSA) is 29.5 Å². The Hall–Kier alpha value is -0.0800. The van der Waals surface area contributed by atoms with Crippen molar-refractivity contribution in [3.63, 3.8) is 0 Å². The summed E-state index contributed by atoms with van der Waals surface area (Å²) in [4.78, 5) is 0. The molecule has 1 N–H and O–H groups in total. The SMILES string of the molecule is COC(C)(C)CC(C)C(O)C(C)C. The van der Waals surface area contributed by atoms with E-state index in [-0.39, 0.29) is 17.6 Å². The fraction of sp³-hybridized carbons (Fsp3) is 1.00. The zero-order valence-electron chi connectivity index (χ0n) is 9.79. The summed E-state index contributed by atoms with van der Waals surface area (Å²) < 4.78 is 5.33. The Labute approximate surface area is 82.3 Å². The molecular weight excluding hydrogens is 164 g/mol. The van der Waals surface area contributed by atoms with Crippen molar-refractivity contribution in [1.82, 2.24) is 0 Å². The van der Waals surface area contributed by atoms with Crippen molar-refractivity contribution in [2.45, 2.75) is 52.7 Å². The first kappa shape index (κ1) is 12.9. The molecule has 0 spiro atoms. The highest BCUT2D eigenvalue weighted by Gasteiger charge is 2.25. The third-order valence-corrected chi connectivity index (χ3v) is 2.63. The Morgan fingerprint density at radius 1 is 1.23 bits per heavy atom. The maximum atomic E-state index is 9.80. The lowest BCUT2D eigenvalue weighted by atomic mass is 9.86. The molecule has 0 rings (SSSR count). The average molecular weight is 188 g/mol. The van der Waals surface area contributed by atoms with Crippen molar-refractivity contribution in [2.75, 3.05) is 7.11 Å². The van der Waals surface area contributed by atoms with Crippen LogP contribution >= 0.6 is 0 Å². The number of hydrogen-bond donors (Lipinski definition) is 1. The molecule has 0 saturated heterocycles. The van der Waals surface area contributed by atoms with Gasteiger partial charge in [-0.15, -0.1) is 0 Å². The molecule has 0 aliphatic heterocycles. The summed E-state index contributed by atoms with van der Waals surface area (Å²) in [5, 5.41) is 9.80. The molecule has 2 atom stereocenters. The number of rotatable bonds is 5. The van der Waals surface area contributed by atoms with Gasteiger partial charge in [-0.05, 0) is 32.1 Å². The first-order chi connectivity index (χ1) is 5.80. The van der Waals surface area contributed by atoms with Crippen LogP contribution in [0.25, 0.3) is 0 Å². The highest BCUT2D eigenvalue weighted by molar-refractivity contribution is 4.77. The van der Waals surface area contributed by atoms with Gasteiger partial charge in [0.05, 0.1) is 11.7 Å². The molecule has 0 fully saturated rings. The summed E-state index contributed by atoms with van der Waals surface area (Å²) in [6.45, 7) is 10.3. The highest BCUT2D eigenvalue weighted by atomic mass is 16.5. The molecule has 0 radical (unpaired) electrons. The normalized spacial score (nSPS) is 17.5. The first-order valence-corrected chi connectivity index (χ1v) is 5.03. The molecule has 13 heavy (non-hydrogen) atoms. The van der Waals surface area contributed by atoms with E-state index >= 15 is 0 Å². The first-order valence-electron chi connectivity index (χ1n) is 5.03. The monoisotopic (exact) mass is 188 g/mol. The summed E-state index contributed by atoms with van der Waals surface area (Å²) >= 11 is 0. The fourth-order valence-electron chi connectivity index (χ4n) is 1.64. The Balaban J connectivity index is 4.06. The van der Waals surface area contributed by atoms with E-state index < -0.39 is 0 Å². The van der Waals surface area contributed by atoms with Crippen molar-refractivity contribution in [2.24, 2.45) is 11.8 Å². The van der Waals surface area contributed by atoms with Gasteiger partial charge >= 0.3 is 0 Å². The van der Waals surface area contributed by atoms with E-state index in [0.717, 1.165) is 6.42 Å². The predicted octanol–water partition coefficient (Wildman–Crippen LogP) is 2.45. The molecule has 2 unspecified atom stereocenters. The van der Waals surface area contributed by atoms with E-state index in [1.54, 1.807) is 7.11 Å². The van der Waals surface area contributed by atoms with Gasteiger partial charge in [0.2, 0.25) is 0 Å². The molecule has 80 valence electrons. The van der Waals surface area contributed by atoms with Crippen LogP contribution in [-0.4, -0.2) is 23.9 Å². The van der Waals surface area contributed by atoms with Gasteiger partial charge in [-0.1, -0.05) is 20.8 Å². The molecular formula is C11H24O2. The zero-order chi connectivity index (χ0) is 10.6. The maximum absolute atomic E-state index is 9.80. The standard InChI is InChI=1S/C11H24O2/c1-8(2)10(12)9(3)7-11(4,5)13-6/h8-10,12H,7H2,1-6H3. The maximum Gasteiger partial charge on any atom is 0.0626 e. The smallest absolute Gasteiger partial charge is 0.0626 e. The Bertz CT molecular complexity index is 141. The van der Waals surface area contributed by atoms with E-state index in [9.17, 15) is 5.11 Å². The summed E-state index contributed by atoms with van der Waals surface area (Å²) in [5.41, 5.74) is -0.130. The summed E-state index contributed by atoms with van der Waals surface area (Å²) in [5.74, 6) is 0.609. The van der Waals surface area contributed by atoms with Gasteiger partial charge < -0.3 is 9.84 Å². The zero-order valence-corrected chi connectivity index (χ0v) is 9.79. The van der Waals surface area contributed by atoms with Gasteiger partial charge in [-0.2, -0.15) is 0 Å². The largest absolute Gasteiger partial charge is 0.393 e. The minimum Gasteiger partial charge on any atom is -0.393 e. The fourth-order valence-corrected chi connectivity index (χ4v) is 1.64. The molecule has 0 saturated carbocycles. The minimum absolute atomic E-state index is 0.130. The van der Waals surface area contributed by atoms with Gasteiger partial charge in [-0.3, -0.25) is 0 Å². The number of hydrogen-bond acceptors (Lipinski definition) is 2. The summed E-state index contributed by atoms with van der Waals surface area (Å²) in [6, 6.07) is 0. The van der Waals surface area contributed by atoms with E-state index in [1.807, 2.05) is 13.8 Å². The second kappa shape index (κ2) is 4.97. The predicted molar refractivity (Wildman–Crippen MR) is 55.7 cm³/mol. The van der Waals surface area contributed by atoms with Crippen LogP contribution in [-0.2, 0) is 4.74 Å². The molecule has 0 aromatic rings. The van der Waals surface area contributed by atoms with Crippen LogP contribution < -0.4 is 0 Å². The van der Waals surface area contributed by atoms with Crippen LogP contribution in [0.2, 0.25) is 0 Å². The average Bonchev–Trinajstić information content (AvgIpc) is 2.02. The number of ether oxygens (including phenoxy) is 1. The van der Waals surface area contributed by atoms with E-state index in [1.165, 1.54) is 0 Å². The van der Waals surface area contributed by atoms with Crippen molar-refractivity contribution in [3.8, 4) is 0 Å². The molecule has 0 bridgehead atoms. The van der Waals surface area contributed by atoms with Gasteiger partial charge in [0, 0.05) is 7.11 Å². The summed E-state index contributed by atoms with van der Waals surface area (Å²) in [6.07, 6.45) is 0.664. The molecule has 2 heteroatoms. The van der Waals surface area contributed by atoms with Gasteiger partial charge in [0.25, 0.3) is 0 Å². The number of aliphatic hydroxyl groups is 1. The van der Waals surface area contributed by atoms with Gasteiger partial charge in [0.1, 0.15) is 0 Å². The Morgan fingerprint density at radius 3 is 2.00 bits per heavy atom.